The molecular formula is C5H9NO5S. The molecule has 0 radical (unpaired) electrons. The highest BCUT2D eigenvalue weighted by atomic mass is 32.2. The van der Waals surface area contributed by atoms with Crippen LogP contribution in [0.3, 0.4) is 0 Å². The lowest BCUT2D eigenvalue weighted by atomic mass is 10.3. The molecule has 0 aliphatic carbocycles. The average Bonchev–Trinajstić information content (AvgIpc) is 2.27. The van der Waals surface area contributed by atoms with E-state index in [0.29, 0.717) is 0 Å². The Bertz CT molecular complexity index is 284. The fourth-order valence-corrected chi connectivity index (χ4v) is 1.77. The molecule has 1 aliphatic heterocycles. The van der Waals surface area contributed by atoms with Crippen molar-refractivity contribution in [3.8, 4) is 0 Å². The van der Waals surface area contributed by atoms with Gasteiger partial charge in [-0.2, -0.15) is 12.7 Å². The first-order valence-electron chi connectivity index (χ1n) is 3.19. The molecule has 1 saturated heterocycles. The Morgan fingerprint density at radius 1 is 1.67 bits per heavy atom. The van der Waals surface area contributed by atoms with Crippen molar-refractivity contribution >= 4 is 16.3 Å². The number of nitrogens with zero attached hydrogens (tertiary/aromatic N) is 1. The van der Waals surface area contributed by atoms with Crippen molar-refractivity contribution in [1.29, 1.82) is 0 Å². The third kappa shape index (κ3) is 1.43. The van der Waals surface area contributed by atoms with Crippen LogP contribution in [-0.4, -0.2) is 45.5 Å². The minimum Gasteiger partial charge on any atom is -0.468 e. The Kier molecular flexibility index (Phi) is 2.36. The van der Waals surface area contributed by atoms with E-state index in [-0.39, 0.29) is 6.61 Å². The minimum atomic E-state index is -3.70. The Morgan fingerprint density at radius 3 is 2.58 bits per heavy atom. The molecule has 1 aliphatic rings. The summed E-state index contributed by atoms with van der Waals surface area (Å²) in [6.07, 6.45) is 0. The van der Waals surface area contributed by atoms with Crippen molar-refractivity contribution < 1.29 is 22.1 Å². The van der Waals surface area contributed by atoms with Crippen molar-refractivity contribution in [1.82, 2.24) is 4.31 Å². The second kappa shape index (κ2) is 3.00. The van der Waals surface area contributed by atoms with Crippen molar-refractivity contribution in [3.63, 3.8) is 0 Å². The van der Waals surface area contributed by atoms with Crippen LogP contribution in [0.15, 0.2) is 0 Å². The molecule has 0 saturated carbocycles. The monoisotopic (exact) mass is 195 g/mol. The molecule has 0 N–H and O–H groups in total. The highest BCUT2D eigenvalue weighted by Crippen LogP contribution is 2.16. The zero-order valence-corrected chi connectivity index (χ0v) is 7.50. The van der Waals surface area contributed by atoms with Gasteiger partial charge >= 0.3 is 16.3 Å². The molecule has 1 fully saturated rings. The first-order chi connectivity index (χ1) is 5.49. The highest BCUT2D eigenvalue weighted by molar-refractivity contribution is 7.84. The largest absolute Gasteiger partial charge is 0.468 e. The van der Waals surface area contributed by atoms with Crippen LogP contribution >= 0.6 is 0 Å². The molecular weight excluding hydrogens is 186 g/mol. The zero-order chi connectivity index (χ0) is 9.35. The number of methoxy groups -OCH3 is 1. The van der Waals surface area contributed by atoms with Gasteiger partial charge in [0.05, 0.1) is 13.7 Å². The minimum absolute atomic E-state index is 0.175. The summed E-state index contributed by atoms with van der Waals surface area (Å²) in [5.74, 6) is -0.612. The van der Waals surface area contributed by atoms with E-state index < -0.39 is 22.3 Å². The van der Waals surface area contributed by atoms with Gasteiger partial charge in [0.25, 0.3) is 0 Å². The zero-order valence-electron chi connectivity index (χ0n) is 6.68. The number of likely N-dealkylation sites (N-methyl/N-ethyl adjacent to an activating group) is 1. The van der Waals surface area contributed by atoms with E-state index in [1.807, 2.05) is 0 Å². The molecule has 7 heteroatoms. The summed E-state index contributed by atoms with van der Waals surface area (Å²) in [5, 5.41) is 0. The van der Waals surface area contributed by atoms with Gasteiger partial charge in [-0.1, -0.05) is 0 Å². The van der Waals surface area contributed by atoms with Crippen LogP contribution < -0.4 is 0 Å². The maximum atomic E-state index is 10.9. The second-order valence-electron chi connectivity index (χ2n) is 2.30. The Hall–Kier alpha value is -0.660. The van der Waals surface area contributed by atoms with Crippen molar-refractivity contribution in [2.24, 2.45) is 0 Å². The van der Waals surface area contributed by atoms with Crippen LogP contribution in [-0.2, 0) is 24.0 Å². The van der Waals surface area contributed by atoms with E-state index in [0.717, 1.165) is 4.31 Å². The smallest absolute Gasteiger partial charge is 0.339 e. The summed E-state index contributed by atoms with van der Waals surface area (Å²) in [4.78, 5) is 10.9. The standard InChI is InChI=1S/C5H9NO5S/c1-6-4(5(7)10-2)3-11-12(6,8)9/h4H,3H2,1-2H3. The Labute approximate surface area is 70.3 Å². The van der Waals surface area contributed by atoms with Gasteiger partial charge < -0.3 is 4.74 Å². The number of carbonyl (C=O) groups is 1. The van der Waals surface area contributed by atoms with Crippen molar-refractivity contribution in [2.75, 3.05) is 20.8 Å². The summed E-state index contributed by atoms with van der Waals surface area (Å²) < 4.78 is 31.4. The van der Waals surface area contributed by atoms with Gasteiger partial charge in [-0.3, -0.25) is 8.98 Å². The van der Waals surface area contributed by atoms with E-state index in [4.69, 9.17) is 0 Å². The van der Waals surface area contributed by atoms with Crippen LogP contribution in [0.25, 0.3) is 0 Å². The molecule has 0 amide bonds. The molecule has 6 nitrogen and oxygen atoms in total. The molecule has 1 atom stereocenters. The van der Waals surface area contributed by atoms with Gasteiger partial charge in [0.1, 0.15) is 6.04 Å². The Balaban J connectivity index is 2.81. The molecule has 1 rings (SSSR count). The van der Waals surface area contributed by atoms with Crippen LogP contribution in [0.4, 0.5) is 0 Å². The fourth-order valence-electron chi connectivity index (χ4n) is 0.847. The van der Waals surface area contributed by atoms with E-state index >= 15 is 0 Å². The number of ether oxygens (including phenoxy) is 1. The lowest BCUT2D eigenvalue weighted by Gasteiger charge is -2.11. The number of rotatable bonds is 1. The molecule has 0 bridgehead atoms. The lowest BCUT2D eigenvalue weighted by Crippen LogP contribution is -2.37. The Morgan fingerprint density at radius 2 is 2.25 bits per heavy atom. The maximum Gasteiger partial charge on any atom is 0.339 e. The van der Waals surface area contributed by atoms with Gasteiger partial charge in [0, 0.05) is 7.05 Å². The first kappa shape index (κ1) is 9.43. The lowest BCUT2D eigenvalue weighted by molar-refractivity contribution is -0.144. The van der Waals surface area contributed by atoms with Crippen molar-refractivity contribution in [3.05, 3.63) is 0 Å². The summed E-state index contributed by atoms with van der Waals surface area (Å²) >= 11 is 0. The van der Waals surface area contributed by atoms with E-state index in [2.05, 4.69) is 8.92 Å². The number of hydrogen-bond donors (Lipinski definition) is 0. The molecule has 0 aromatic carbocycles. The number of carbonyl (C=O) groups excluding carboxylic acids is 1. The van der Waals surface area contributed by atoms with Gasteiger partial charge in [-0.15, -0.1) is 0 Å². The van der Waals surface area contributed by atoms with Crippen LogP contribution in [0.2, 0.25) is 0 Å². The van der Waals surface area contributed by atoms with E-state index in [1.54, 1.807) is 0 Å². The fraction of sp³-hybridized carbons (Fsp3) is 0.800. The van der Waals surface area contributed by atoms with Gasteiger partial charge in [-0.05, 0) is 0 Å². The maximum absolute atomic E-state index is 10.9. The van der Waals surface area contributed by atoms with Crippen LogP contribution in [0.5, 0.6) is 0 Å². The molecule has 0 spiro atoms. The second-order valence-corrected chi connectivity index (χ2v) is 3.96. The van der Waals surface area contributed by atoms with Crippen molar-refractivity contribution in [2.45, 2.75) is 6.04 Å². The van der Waals surface area contributed by atoms with Gasteiger partial charge in [0.15, 0.2) is 0 Å². The molecule has 0 aromatic rings. The number of esters is 1. The van der Waals surface area contributed by atoms with Crippen LogP contribution in [0.1, 0.15) is 0 Å². The van der Waals surface area contributed by atoms with E-state index in [9.17, 15) is 13.2 Å². The highest BCUT2D eigenvalue weighted by Gasteiger charge is 2.40. The molecule has 0 aromatic heterocycles. The summed E-state index contributed by atoms with van der Waals surface area (Å²) in [7, 11) is -1.23. The van der Waals surface area contributed by atoms with Gasteiger partial charge in [0.2, 0.25) is 0 Å². The summed E-state index contributed by atoms with van der Waals surface area (Å²) in [6, 6.07) is -0.847. The van der Waals surface area contributed by atoms with E-state index in [1.165, 1.54) is 14.2 Å². The predicted octanol–water partition coefficient (Wildman–Crippen LogP) is -1.27. The molecule has 70 valence electrons. The third-order valence-electron chi connectivity index (χ3n) is 1.64. The molecule has 12 heavy (non-hydrogen) atoms. The normalized spacial score (nSPS) is 28.7. The third-order valence-corrected chi connectivity index (χ3v) is 3.03. The molecule has 1 heterocycles. The molecule has 1 unspecified atom stereocenters. The van der Waals surface area contributed by atoms with Gasteiger partial charge in [-0.25, -0.2) is 0 Å². The first-order valence-corrected chi connectivity index (χ1v) is 4.56. The predicted molar refractivity (Wildman–Crippen MR) is 38.4 cm³/mol. The SMILES string of the molecule is COC(=O)C1COS(=O)(=O)N1C. The average molecular weight is 195 g/mol. The topological polar surface area (TPSA) is 72.9 Å². The quantitative estimate of drug-likeness (QED) is 0.488. The summed E-state index contributed by atoms with van der Waals surface area (Å²) in [5.41, 5.74) is 0. The van der Waals surface area contributed by atoms with Crippen LogP contribution in [0, 0.1) is 0 Å². The number of hydrogen-bond acceptors (Lipinski definition) is 5. The summed E-state index contributed by atoms with van der Waals surface area (Å²) in [6.45, 7) is -0.175.